The largest absolute Gasteiger partial charge is 0.507 e. The van der Waals surface area contributed by atoms with Crippen molar-refractivity contribution in [1.29, 1.82) is 0 Å². The van der Waals surface area contributed by atoms with Gasteiger partial charge in [0.15, 0.2) is 0 Å². The van der Waals surface area contributed by atoms with Crippen LogP contribution in [0.25, 0.3) is 5.76 Å². The van der Waals surface area contributed by atoms with Crippen LogP contribution in [0.5, 0.6) is 5.75 Å². The molecule has 0 spiro atoms. The normalized spacial score (nSPS) is 16.8. The van der Waals surface area contributed by atoms with Gasteiger partial charge < -0.3 is 14.7 Å². The van der Waals surface area contributed by atoms with E-state index in [1.807, 2.05) is 74.4 Å². The lowest BCUT2D eigenvalue weighted by atomic mass is 9.94. The highest BCUT2D eigenvalue weighted by Crippen LogP contribution is 2.42. The number of aliphatic hydroxyl groups excluding tert-OH is 1. The number of hydrogen-bond donors (Lipinski definition) is 1. The number of benzene rings is 3. The summed E-state index contributed by atoms with van der Waals surface area (Å²) in [7, 11) is 3.90. The fourth-order valence-electron chi connectivity index (χ4n) is 4.55. The molecule has 1 aliphatic heterocycles. The molecule has 1 N–H and O–H groups in total. The van der Waals surface area contributed by atoms with Crippen LogP contribution < -0.4 is 14.5 Å². The summed E-state index contributed by atoms with van der Waals surface area (Å²) in [5, 5.41) is 11.4. The molecule has 3 aromatic carbocycles. The number of ketones is 1. The van der Waals surface area contributed by atoms with Gasteiger partial charge in [0.25, 0.3) is 11.7 Å². The van der Waals surface area contributed by atoms with Gasteiger partial charge >= 0.3 is 0 Å². The zero-order valence-electron chi connectivity index (χ0n) is 21.9. The van der Waals surface area contributed by atoms with Crippen molar-refractivity contribution in [3.63, 3.8) is 0 Å². The SMILES string of the molecule is CCCCCOc1ccc(/C(O)=C2\C(=O)C(=O)N(c3cccc(C)c3)C2c2ccc(N(C)C)cc2)cc1. The van der Waals surface area contributed by atoms with Crippen LogP contribution in [0, 0.1) is 6.92 Å². The lowest BCUT2D eigenvalue weighted by molar-refractivity contribution is -0.132. The number of amides is 1. The molecule has 0 aliphatic carbocycles. The first kappa shape index (κ1) is 26.0. The van der Waals surface area contributed by atoms with E-state index in [2.05, 4.69) is 6.92 Å². The number of aryl methyl sites for hydroxylation is 1. The van der Waals surface area contributed by atoms with Crippen LogP contribution in [-0.2, 0) is 9.59 Å². The van der Waals surface area contributed by atoms with E-state index in [-0.39, 0.29) is 11.3 Å². The van der Waals surface area contributed by atoms with Crippen LogP contribution >= 0.6 is 0 Å². The van der Waals surface area contributed by atoms with E-state index in [0.717, 1.165) is 36.1 Å². The summed E-state index contributed by atoms with van der Waals surface area (Å²) in [5.74, 6) is -0.873. The fourth-order valence-corrected chi connectivity index (χ4v) is 4.55. The van der Waals surface area contributed by atoms with Crippen LogP contribution in [0.15, 0.2) is 78.4 Å². The third-order valence-corrected chi connectivity index (χ3v) is 6.59. The van der Waals surface area contributed by atoms with Gasteiger partial charge in [-0.3, -0.25) is 14.5 Å². The first-order valence-electron chi connectivity index (χ1n) is 12.7. The van der Waals surface area contributed by atoms with Crippen LogP contribution in [0.4, 0.5) is 11.4 Å². The highest BCUT2D eigenvalue weighted by Gasteiger charge is 2.47. The number of hydrogen-bond acceptors (Lipinski definition) is 5. The highest BCUT2D eigenvalue weighted by atomic mass is 16.5. The zero-order valence-corrected chi connectivity index (χ0v) is 21.9. The Labute approximate surface area is 218 Å². The summed E-state index contributed by atoms with van der Waals surface area (Å²) in [6.45, 7) is 4.71. The van der Waals surface area contributed by atoms with Crippen molar-refractivity contribution < 1.29 is 19.4 Å². The minimum Gasteiger partial charge on any atom is -0.507 e. The molecule has 1 heterocycles. The molecule has 1 aliphatic rings. The maximum absolute atomic E-state index is 13.4. The number of carbonyl (C=O) groups is 2. The predicted molar refractivity (Wildman–Crippen MR) is 148 cm³/mol. The van der Waals surface area contributed by atoms with Crippen molar-refractivity contribution in [2.75, 3.05) is 30.5 Å². The van der Waals surface area contributed by atoms with Crippen LogP contribution in [0.2, 0.25) is 0 Å². The van der Waals surface area contributed by atoms with E-state index >= 15 is 0 Å². The molecule has 0 bridgehead atoms. The number of nitrogens with zero attached hydrogens (tertiary/aromatic N) is 2. The summed E-state index contributed by atoms with van der Waals surface area (Å²) in [5.41, 5.74) is 3.84. The van der Waals surface area contributed by atoms with E-state index < -0.39 is 17.7 Å². The van der Waals surface area contributed by atoms with Crippen molar-refractivity contribution in [1.82, 2.24) is 0 Å². The Morgan fingerprint density at radius 3 is 2.30 bits per heavy atom. The van der Waals surface area contributed by atoms with Gasteiger partial charge in [-0.25, -0.2) is 0 Å². The minimum atomic E-state index is -0.761. The van der Waals surface area contributed by atoms with Crippen molar-refractivity contribution in [2.45, 2.75) is 39.2 Å². The van der Waals surface area contributed by atoms with Gasteiger partial charge in [0, 0.05) is 31.0 Å². The first-order chi connectivity index (χ1) is 17.8. The zero-order chi connectivity index (χ0) is 26.5. The average molecular weight is 499 g/mol. The predicted octanol–water partition coefficient (Wildman–Crippen LogP) is 6.26. The summed E-state index contributed by atoms with van der Waals surface area (Å²) in [4.78, 5) is 30.2. The van der Waals surface area contributed by atoms with E-state index in [9.17, 15) is 14.7 Å². The number of ether oxygens (including phenoxy) is 1. The van der Waals surface area contributed by atoms with Gasteiger partial charge in [-0.15, -0.1) is 0 Å². The van der Waals surface area contributed by atoms with Crippen LogP contribution in [0.1, 0.15) is 48.9 Å². The van der Waals surface area contributed by atoms with Gasteiger partial charge in [-0.2, -0.15) is 0 Å². The molecule has 3 aromatic rings. The standard InChI is InChI=1S/C31H34N2O4/c1-5-6-7-19-37-26-17-13-23(14-18-26)29(34)27-28(22-11-15-24(16-12-22)32(3)4)33(31(36)30(27)35)25-10-8-9-21(2)20-25/h8-18,20,28,34H,5-7,19H2,1-4H3/b29-27+. The first-order valence-corrected chi connectivity index (χ1v) is 12.7. The molecule has 6 nitrogen and oxygen atoms in total. The van der Waals surface area contributed by atoms with Crippen molar-refractivity contribution >= 4 is 28.8 Å². The smallest absolute Gasteiger partial charge is 0.300 e. The number of carbonyl (C=O) groups excluding carboxylic acids is 2. The molecule has 1 unspecified atom stereocenters. The third-order valence-electron chi connectivity index (χ3n) is 6.59. The molecule has 0 saturated carbocycles. The van der Waals surface area contributed by atoms with E-state index in [0.29, 0.717) is 23.6 Å². The van der Waals surface area contributed by atoms with Crippen LogP contribution in [-0.4, -0.2) is 37.5 Å². The summed E-state index contributed by atoms with van der Waals surface area (Å²) in [6.07, 6.45) is 3.21. The topological polar surface area (TPSA) is 70.1 Å². The molecule has 1 atom stereocenters. The maximum Gasteiger partial charge on any atom is 0.300 e. The Hall–Kier alpha value is -4.06. The van der Waals surface area contributed by atoms with Gasteiger partial charge in [0.1, 0.15) is 11.5 Å². The number of rotatable bonds is 9. The quantitative estimate of drug-likeness (QED) is 0.163. The minimum absolute atomic E-state index is 0.0701. The molecule has 1 amide bonds. The number of unbranched alkanes of at least 4 members (excludes halogenated alkanes) is 2. The molecular formula is C31H34N2O4. The lowest BCUT2D eigenvalue weighted by Gasteiger charge is -2.26. The van der Waals surface area contributed by atoms with Crippen molar-refractivity contribution in [3.05, 3.63) is 95.1 Å². The van der Waals surface area contributed by atoms with Gasteiger partial charge in [-0.05, 0) is 73.0 Å². The monoisotopic (exact) mass is 498 g/mol. The average Bonchev–Trinajstić information content (AvgIpc) is 3.16. The molecule has 1 saturated heterocycles. The van der Waals surface area contributed by atoms with Crippen molar-refractivity contribution in [3.8, 4) is 5.75 Å². The molecule has 0 radical (unpaired) electrons. The Morgan fingerprint density at radius 1 is 0.973 bits per heavy atom. The molecular weight excluding hydrogens is 464 g/mol. The molecule has 37 heavy (non-hydrogen) atoms. The number of aliphatic hydroxyl groups is 1. The van der Waals surface area contributed by atoms with Crippen molar-refractivity contribution in [2.24, 2.45) is 0 Å². The molecule has 6 heteroatoms. The number of Topliss-reactive ketones (excluding diaryl/α,β-unsaturated/α-hetero) is 1. The summed E-state index contributed by atoms with van der Waals surface area (Å²) in [6, 6.07) is 21.4. The van der Waals surface area contributed by atoms with E-state index in [4.69, 9.17) is 4.74 Å². The highest BCUT2D eigenvalue weighted by molar-refractivity contribution is 6.51. The van der Waals surface area contributed by atoms with E-state index in [1.54, 1.807) is 24.3 Å². The third kappa shape index (κ3) is 5.53. The van der Waals surface area contributed by atoms with Crippen LogP contribution in [0.3, 0.4) is 0 Å². The Balaban J connectivity index is 1.76. The maximum atomic E-state index is 13.4. The Morgan fingerprint density at radius 2 is 1.68 bits per heavy atom. The summed E-state index contributed by atoms with van der Waals surface area (Å²) < 4.78 is 5.78. The second kappa shape index (κ2) is 11.3. The molecule has 0 aromatic heterocycles. The molecule has 1 fully saturated rings. The molecule has 192 valence electrons. The van der Waals surface area contributed by atoms with Gasteiger partial charge in [0.05, 0.1) is 18.2 Å². The Bertz CT molecular complexity index is 1290. The Kier molecular flexibility index (Phi) is 7.97. The van der Waals surface area contributed by atoms with E-state index in [1.165, 1.54) is 4.90 Å². The van der Waals surface area contributed by atoms with Gasteiger partial charge in [-0.1, -0.05) is 44.0 Å². The second-order valence-corrected chi connectivity index (χ2v) is 9.57. The van der Waals surface area contributed by atoms with Gasteiger partial charge in [0.2, 0.25) is 0 Å². The number of anilines is 2. The second-order valence-electron chi connectivity index (χ2n) is 9.57. The molecule has 4 rings (SSSR count). The summed E-state index contributed by atoms with van der Waals surface area (Å²) >= 11 is 0. The lowest BCUT2D eigenvalue weighted by Crippen LogP contribution is -2.29. The fraction of sp³-hybridized carbons (Fsp3) is 0.290.